The first-order valence-electron chi connectivity index (χ1n) is 13.1. The molecule has 6 rings (SSSR count). The standard InChI is InChI=1S/C29H36N4O2/c1-20-14-21(23-18-31-33(19-23)27-6-4-5-13-34-27)7-9-25(20)22-8-10-26(30-17-22)35-24-15-28(2)11-12-29(3,16-24)32-28/h7-10,14,17-19,24,27,32H,4-6,11-13,15-16H2,1-3H3/t24?,27?,28-,29+. The molecule has 0 aliphatic carbocycles. The minimum Gasteiger partial charge on any atom is -0.474 e. The second-order valence-corrected chi connectivity index (χ2v) is 11.3. The third-order valence-electron chi connectivity index (χ3n) is 8.14. The summed E-state index contributed by atoms with van der Waals surface area (Å²) in [6.45, 7) is 7.63. The van der Waals surface area contributed by atoms with Gasteiger partial charge < -0.3 is 14.8 Å². The molecule has 3 aliphatic rings. The van der Waals surface area contributed by atoms with E-state index in [9.17, 15) is 0 Å². The number of ether oxygens (including phenoxy) is 2. The van der Waals surface area contributed by atoms with Crippen molar-refractivity contribution in [3.63, 3.8) is 0 Å². The summed E-state index contributed by atoms with van der Waals surface area (Å²) in [7, 11) is 0. The van der Waals surface area contributed by atoms with E-state index in [0.717, 1.165) is 49.3 Å². The van der Waals surface area contributed by atoms with Gasteiger partial charge in [-0.05, 0) is 75.6 Å². The number of aromatic nitrogens is 3. The molecule has 1 aromatic carbocycles. The lowest BCUT2D eigenvalue weighted by Gasteiger charge is -2.41. The number of piperidine rings is 1. The van der Waals surface area contributed by atoms with Crippen LogP contribution in [-0.2, 0) is 4.74 Å². The molecule has 6 nitrogen and oxygen atoms in total. The van der Waals surface area contributed by atoms with Crippen molar-refractivity contribution in [1.82, 2.24) is 20.1 Å². The van der Waals surface area contributed by atoms with Gasteiger partial charge in [-0.25, -0.2) is 9.67 Å². The topological polar surface area (TPSA) is 61.2 Å². The minimum absolute atomic E-state index is 0.0652. The van der Waals surface area contributed by atoms with Crippen molar-refractivity contribution in [3.8, 4) is 28.1 Å². The second-order valence-electron chi connectivity index (χ2n) is 11.3. The molecule has 3 aliphatic heterocycles. The average molecular weight is 473 g/mol. The van der Waals surface area contributed by atoms with E-state index in [-0.39, 0.29) is 23.4 Å². The number of benzene rings is 1. The lowest BCUT2D eigenvalue weighted by molar-refractivity contribution is -0.0394. The Bertz CT molecular complexity index is 1180. The molecule has 5 heterocycles. The van der Waals surface area contributed by atoms with Crippen molar-refractivity contribution in [2.45, 2.75) is 89.1 Å². The maximum Gasteiger partial charge on any atom is 0.213 e. The molecule has 0 amide bonds. The Morgan fingerprint density at radius 3 is 2.49 bits per heavy atom. The van der Waals surface area contributed by atoms with Crippen LogP contribution < -0.4 is 10.1 Å². The summed E-state index contributed by atoms with van der Waals surface area (Å²) in [4.78, 5) is 4.67. The molecule has 2 unspecified atom stereocenters. The van der Waals surface area contributed by atoms with Crippen LogP contribution in [0.25, 0.3) is 22.3 Å². The van der Waals surface area contributed by atoms with Gasteiger partial charge in [0.2, 0.25) is 5.88 Å². The number of rotatable bonds is 5. The van der Waals surface area contributed by atoms with E-state index < -0.39 is 0 Å². The number of hydrogen-bond acceptors (Lipinski definition) is 5. The number of nitrogens with one attached hydrogen (secondary N) is 1. The maximum atomic E-state index is 6.35. The summed E-state index contributed by atoms with van der Waals surface area (Å²) in [6, 6.07) is 10.7. The van der Waals surface area contributed by atoms with Crippen molar-refractivity contribution in [2.75, 3.05) is 6.61 Å². The van der Waals surface area contributed by atoms with Crippen LogP contribution in [0.4, 0.5) is 0 Å². The summed E-state index contributed by atoms with van der Waals surface area (Å²) >= 11 is 0. The molecule has 3 saturated heterocycles. The third kappa shape index (κ3) is 4.62. The van der Waals surface area contributed by atoms with Gasteiger partial charge in [0.05, 0.1) is 6.20 Å². The molecular weight excluding hydrogens is 436 g/mol. The van der Waals surface area contributed by atoms with E-state index in [1.165, 1.54) is 36.0 Å². The van der Waals surface area contributed by atoms with Crippen LogP contribution in [0, 0.1) is 6.92 Å². The van der Waals surface area contributed by atoms with E-state index in [2.05, 4.69) is 66.6 Å². The molecule has 3 aromatic rings. The van der Waals surface area contributed by atoms with Crippen molar-refractivity contribution in [1.29, 1.82) is 0 Å². The largest absolute Gasteiger partial charge is 0.474 e. The fraction of sp³-hybridized carbons (Fsp3) is 0.517. The normalized spacial score (nSPS) is 30.4. The van der Waals surface area contributed by atoms with Gasteiger partial charge in [-0.2, -0.15) is 5.10 Å². The molecule has 4 atom stereocenters. The molecule has 0 spiro atoms. The van der Waals surface area contributed by atoms with E-state index in [4.69, 9.17) is 9.47 Å². The van der Waals surface area contributed by atoms with Crippen LogP contribution in [-0.4, -0.2) is 38.6 Å². The summed E-state index contributed by atoms with van der Waals surface area (Å²) in [5, 5.41) is 8.39. The third-order valence-corrected chi connectivity index (χ3v) is 8.14. The van der Waals surface area contributed by atoms with Crippen molar-refractivity contribution in [3.05, 3.63) is 54.5 Å². The Balaban J connectivity index is 1.15. The Labute approximate surface area is 208 Å². The molecule has 6 heteroatoms. The molecule has 184 valence electrons. The van der Waals surface area contributed by atoms with Gasteiger partial charge >= 0.3 is 0 Å². The fourth-order valence-electron chi connectivity index (χ4n) is 6.40. The van der Waals surface area contributed by atoms with Gasteiger partial charge in [-0.1, -0.05) is 18.2 Å². The smallest absolute Gasteiger partial charge is 0.213 e. The molecule has 2 bridgehead atoms. The quantitative estimate of drug-likeness (QED) is 0.489. The molecule has 35 heavy (non-hydrogen) atoms. The first-order valence-corrected chi connectivity index (χ1v) is 13.1. The van der Waals surface area contributed by atoms with Crippen LogP contribution in [0.5, 0.6) is 5.88 Å². The van der Waals surface area contributed by atoms with Crippen molar-refractivity contribution >= 4 is 0 Å². The number of nitrogens with zero attached hydrogens (tertiary/aromatic N) is 3. The van der Waals surface area contributed by atoms with Crippen LogP contribution in [0.3, 0.4) is 0 Å². The molecular formula is C29H36N4O2. The molecule has 3 fully saturated rings. The van der Waals surface area contributed by atoms with Crippen LogP contribution in [0.2, 0.25) is 0 Å². The fourth-order valence-corrected chi connectivity index (χ4v) is 6.40. The van der Waals surface area contributed by atoms with Crippen LogP contribution in [0.1, 0.15) is 70.6 Å². The van der Waals surface area contributed by atoms with E-state index >= 15 is 0 Å². The van der Waals surface area contributed by atoms with Crippen molar-refractivity contribution in [2.24, 2.45) is 0 Å². The average Bonchev–Trinajstić information content (AvgIpc) is 3.42. The van der Waals surface area contributed by atoms with E-state index in [1.807, 2.05) is 23.1 Å². The zero-order chi connectivity index (χ0) is 24.0. The Morgan fingerprint density at radius 2 is 1.80 bits per heavy atom. The Kier molecular flexibility index (Phi) is 5.69. The lowest BCUT2D eigenvalue weighted by atomic mass is 9.86. The van der Waals surface area contributed by atoms with Gasteiger partial charge in [0, 0.05) is 60.1 Å². The van der Waals surface area contributed by atoms with Crippen molar-refractivity contribution < 1.29 is 9.47 Å². The zero-order valence-electron chi connectivity index (χ0n) is 21.1. The highest BCUT2D eigenvalue weighted by molar-refractivity contribution is 5.72. The number of fused-ring (bicyclic) bond motifs is 2. The maximum absolute atomic E-state index is 6.35. The van der Waals surface area contributed by atoms with Gasteiger partial charge in [0.15, 0.2) is 0 Å². The second kappa shape index (κ2) is 8.75. The highest BCUT2D eigenvalue weighted by Crippen LogP contribution is 2.43. The Hall–Kier alpha value is -2.70. The van der Waals surface area contributed by atoms with Crippen LogP contribution >= 0.6 is 0 Å². The summed E-state index contributed by atoms with van der Waals surface area (Å²) in [5.41, 5.74) is 6.19. The molecule has 0 saturated carbocycles. The molecule has 1 N–H and O–H groups in total. The summed E-state index contributed by atoms with van der Waals surface area (Å²) in [6.07, 6.45) is 14.2. The number of aryl methyl sites for hydroxylation is 1. The zero-order valence-corrected chi connectivity index (χ0v) is 21.1. The predicted octanol–water partition coefficient (Wildman–Crippen LogP) is 6.06. The summed E-state index contributed by atoms with van der Waals surface area (Å²) in [5.74, 6) is 0.721. The van der Waals surface area contributed by atoms with Crippen LogP contribution in [0.15, 0.2) is 48.9 Å². The highest BCUT2D eigenvalue weighted by Gasteiger charge is 2.49. The van der Waals surface area contributed by atoms with E-state index in [0.29, 0.717) is 0 Å². The van der Waals surface area contributed by atoms with Gasteiger partial charge in [0.1, 0.15) is 12.3 Å². The molecule has 2 aromatic heterocycles. The first kappa shape index (κ1) is 22.7. The lowest BCUT2D eigenvalue weighted by Crippen LogP contribution is -2.56. The summed E-state index contributed by atoms with van der Waals surface area (Å²) < 4.78 is 14.2. The molecule has 0 radical (unpaired) electrons. The van der Waals surface area contributed by atoms with Gasteiger partial charge in [0.25, 0.3) is 0 Å². The Morgan fingerprint density at radius 1 is 1.00 bits per heavy atom. The number of pyridine rings is 1. The monoisotopic (exact) mass is 472 g/mol. The SMILES string of the molecule is Cc1cc(-c2cnn(C3CCCCO3)c2)ccc1-c1ccc(OC2C[C@]3(C)CC[C@](C)(C2)N3)nc1. The van der Waals surface area contributed by atoms with Gasteiger partial charge in [-0.3, -0.25) is 0 Å². The number of hydrogen-bond donors (Lipinski definition) is 1. The highest BCUT2D eigenvalue weighted by atomic mass is 16.5. The minimum atomic E-state index is 0.0652. The van der Waals surface area contributed by atoms with E-state index in [1.54, 1.807) is 0 Å². The van der Waals surface area contributed by atoms with Gasteiger partial charge in [-0.15, -0.1) is 0 Å². The first-order chi connectivity index (χ1) is 16.9. The predicted molar refractivity (Wildman–Crippen MR) is 137 cm³/mol.